The summed E-state index contributed by atoms with van der Waals surface area (Å²) in [6.45, 7) is 3.00. The molecule has 0 unspecified atom stereocenters. The molecule has 32 heavy (non-hydrogen) atoms. The lowest BCUT2D eigenvalue weighted by molar-refractivity contribution is -0.133. The van der Waals surface area contributed by atoms with Crippen LogP contribution in [0.3, 0.4) is 0 Å². The number of nitrogens with zero attached hydrogens (tertiary/aromatic N) is 6. The van der Waals surface area contributed by atoms with E-state index < -0.39 is 0 Å². The van der Waals surface area contributed by atoms with E-state index in [1.165, 1.54) is 12.1 Å². The van der Waals surface area contributed by atoms with E-state index in [1.54, 1.807) is 40.2 Å². The van der Waals surface area contributed by atoms with Crippen LogP contribution in [0.25, 0.3) is 0 Å². The van der Waals surface area contributed by atoms with Gasteiger partial charge in [0.1, 0.15) is 18.2 Å². The molecular formula is C23H23FN6O2. The number of carbonyl (C=O) groups excluding carboxylic acids is 2. The van der Waals surface area contributed by atoms with Crippen LogP contribution in [0.5, 0.6) is 0 Å². The van der Waals surface area contributed by atoms with E-state index in [-0.39, 0.29) is 36.6 Å². The Bertz CT molecular complexity index is 1160. The maximum Gasteiger partial charge on any atom is 0.244 e. The highest BCUT2D eigenvalue weighted by Gasteiger charge is 2.36. The number of fused-ring (bicyclic) bond motifs is 1. The van der Waals surface area contributed by atoms with E-state index >= 15 is 0 Å². The van der Waals surface area contributed by atoms with E-state index in [4.69, 9.17) is 4.98 Å². The Hall–Kier alpha value is -3.62. The van der Waals surface area contributed by atoms with Crippen molar-refractivity contribution in [2.75, 3.05) is 11.4 Å². The van der Waals surface area contributed by atoms with Crippen molar-refractivity contribution in [2.45, 2.75) is 45.3 Å². The Morgan fingerprint density at radius 1 is 1.22 bits per heavy atom. The zero-order chi connectivity index (χ0) is 22.2. The van der Waals surface area contributed by atoms with Crippen LogP contribution in [0.2, 0.25) is 0 Å². The van der Waals surface area contributed by atoms with E-state index in [1.807, 2.05) is 11.8 Å². The minimum Gasteiger partial charge on any atom is -0.331 e. The second-order valence-corrected chi connectivity index (χ2v) is 8.20. The monoisotopic (exact) mass is 434 g/mol. The van der Waals surface area contributed by atoms with Gasteiger partial charge in [0.25, 0.3) is 0 Å². The number of amides is 2. The van der Waals surface area contributed by atoms with Crippen molar-refractivity contribution in [3.63, 3.8) is 0 Å². The average Bonchev–Trinajstić information content (AvgIpc) is 3.51. The second kappa shape index (κ2) is 8.14. The average molecular weight is 434 g/mol. The summed E-state index contributed by atoms with van der Waals surface area (Å²) in [5.74, 6) is 0.747. The van der Waals surface area contributed by atoms with Crippen LogP contribution in [0.1, 0.15) is 41.5 Å². The van der Waals surface area contributed by atoms with Crippen molar-refractivity contribution in [2.24, 2.45) is 0 Å². The molecule has 1 saturated heterocycles. The standard InChI is InChI=1S/C23H23FN6O2/c1-15-18-12-20(31)30(13-16-5-7-17(24)8-6-16)23(18)27-22(26-15)19-4-2-11-29(19)21(32)14-28-10-3-9-25-28/h3,5-10,19H,2,4,11-14H2,1H3/t19-/m1/s1. The number of aromatic nitrogens is 4. The fraction of sp³-hybridized carbons (Fsp3) is 0.348. The zero-order valence-electron chi connectivity index (χ0n) is 17.7. The van der Waals surface area contributed by atoms with Gasteiger partial charge in [-0.1, -0.05) is 12.1 Å². The van der Waals surface area contributed by atoms with Crippen LogP contribution >= 0.6 is 0 Å². The lowest BCUT2D eigenvalue weighted by Crippen LogP contribution is -2.34. The molecule has 0 bridgehead atoms. The minimum absolute atomic E-state index is 0.0304. The van der Waals surface area contributed by atoms with Gasteiger partial charge in [0, 0.05) is 30.2 Å². The smallest absolute Gasteiger partial charge is 0.244 e. The first kappa shape index (κ1) is 20.3. The quantitative estimate of drug-likeness (QED) is 0.616. The molecule has 4 heterocycles. The SMILES string of the molecule is Cc1nc([C@H]2CCCN2C(=O)Cn2cccn2)nc2c1CC(=O)N2Cc1ccc(F)cc1. The molecule has 1 fully saturated rings. The molecule has 1 atom stereocenters. The van der Waals surface area contributed by atoms with Gasteiger partial charge in [-0.3, -0.25) is 19.2 Å². The van der Waals surface area contributed by atoms with Gasteiger partial charge in [-0.25, -0.2) is 14.4 Å². The Labute approximate surface area is 184 Å². The van der Waals surface area contributed by atoms with Crippen molar-refractivity contribution in [3.8, 4) is 0 Å². The summed E-state index contributed by atoms with van der Waals surface area (Å²) in [5, 5.41) is 4.12. The lowest BCUT2D eigenvalue weighted by Gasteiger charge is -2.25. The number of hydrogen-bond acceptors (Lipinski definition) is 5. The number of halogens is 1. The van der Waals surface area contributed by atoms with Gasteiger partial charge < -0.3 is 4.90 Å². The molecule has 1 aromatic carbocycles. The van der Waals surface area contributed by atoms with E-state index in [2.05, 4.69) is 10.1 Å². The van der Waals surface area contributed by atoms with Crippen molar-refractivity contribution >= 4 is 17.6 Å². The van der Waals surface area contributed by atoms with Crippen molar-refractivity contribution in [3.05, 3.63) is 71.2 Å². The molecule has 0 aliphatic carbocycles. The molecule has 0 N–H and O–H groups in total. The summed E-state index contributed by atoms with van der Waals surface area (Å²) in [5.41, 5.74) is 2.39. The van der Waals surface area contributed by atoms with Gasteiger partial charge in [-0.2, -0.15) is 5.10 Å². The highest BCUT2D eigenvalue weighted by molar-refractivity contribution is 6.00. The summed E-state index contributed by atoms with van der Waals surface area (Å²) in [4.78, 5) is 38.6. The lowest BCUT2D eigenvalue weighted by atomic mass is 10.1. The predicted octanol–water partition coefficient (Wildman–Crippen LogP) is 2.57. The van der Waals surface area contributed by atoms with Crippen LogP contribution < -0.4 is 4.90 Å². The van der Waals surface area contributed by atoms with Crippen LogP contribution in [-0.4, -0.2) is 43.0 Å². The summed E-state index contributed by atoms with van der Waals surface area (Å²) in [6.07, 6.45) is 5.30. The van der Waals surface area contributed by atoms with Crippen LogP contribution in [0.15, 0.2) is 42.7 Å². The molecule has 2 aliphatic heterocycles. The third kappa shape index (κ3) is 3.74. The van der Waals surface area contributed by atoms with Gasteiger partial charge in [0.15, 0.2) is 5.82 Å². The predicted molar refractivity (Wildman–Crippen MR) is 114 cm³/mol. The Morgan fingerprint density at radius 3 is 2.78 bits per heavy atom. The summed E-state index contributed by atoms with van der Waals surface area (Å²) in [6, 6.07) is 7.66. The van der Waals surface area contributed by atoms with Gasteiger partial charge in [0.2, 0.25) is 11.8 Å². The van der Waals surface area contributed by atoms with Gasteiger partial charge in [-0.15, -0.1) is 0 Å². The molecule has 2 amide bonds. The van der Waals surface area contributed by atoms with Crippen LogP contribution in [0.4, 0.5) is 10.2 Å². The first-order valence-electron chi connectivity index (χ1n) is 10.7. The molecule has 9 heteroatoms. The van der Waals surface area contributed by atoms with Crippen molar-refractivity contribution < 1.29 is 14.0 Å². The van der Waals surface area contributed by atoms with Crippen LogP contribution in [-0.2, 0) is 29.1 Å². The normalized spacial score (nSPS) is 17.8. The van der Waals surface area contributed by atoms with Gasteiger partial charge >= 0.3 is 0 Å². The first-order chi connectivity index (χ1) is 15.5. The van der Waals surface area contributed by atoms with Crippen molar-refractivity contribution in [1.82, 2.24) is 24.6 Å². The molecule has 2 aliphatic rings. The number of hydrogen-bond donors (Lipinski definition) is 0. The molecule has 164 valence electrons. The number of aryl methyl sites for hydroxylation is 1. The highest BCUT2D eigenvalue weighted by Crippen LogP contribution is 2.35. The van der Waals surface area contributed by atoms with E-state index in [9.17, 15) is 14.0 Å². The molecule has 3 aromatic rings. The second-order valence-electron chi connectivity index (χ2n) is 8.20. The van der Waals surface area contributed by atoms with Crippen LogP contribution in [0, 0.1) is 12.7 Å². The fourth-order valence-electron chi connectivity index (χ4n) is 4.44. The number of benzene rings is 1. The third-order valence-electron chi connectivity index (χ3n) is 6.08. The zero-order valence-corrected chi connectivity index (χ0v) is 17.7. The Kier molecular flexibility index (Phi) is 5.16. The van der Waals surface area contributed by atoms with E-state index in [0.29, 0.717) is 24.7 Å². The van der Waals surface area contributed by atoms with E-state index in [0.717, 1.165) is 29.7 Å². The highest BCUT2D eigenvalue weighted by atomic mass is 19.1. The van der Waals surface area contributed by atoms with Crippen molar-refractivity contribution in [1.29, 1.82) is 0 Å². The number of rotatable bonds is 5. The number of anilines is 1. The first-order valence-corrected chi connectivity index (χ1v) is 10.7. The molecule has 0 radical (unpaired) electrons. The summed E-state index contributed by atoms with van der Waals surface area (Å²) < 4.78 is 14.9. The Balaban J connectivity index is 1.43. The van der Waals surface area contributed by atoms with Gasteiger partial charge in [0.05, 0.1) is 19.0 Å². The summed E-state index contributed by atoms with van der Waals surface area (Å²) >= 11 is 0. The topological polar surface area (TPSA) is 84.2 Å². The van der Waals surface area contributed by atoms with Gasteiger partial charge in [-0.05, 0) is 43.5 Å². The Morgan fingerprint density at radius 2 is 2.03 bits per heavy atom. The molecule has 0 spiro atoms. The molecular weight excluding hydrogens is 411 g/mol. The molecule has 8 nitrogen and oxygen atoms in total. The minimum atomic E-state index is -0.316. The number of likely N-dealkylation sites (tertiary alicyclic amines) is 1. The largest absolute Gasteiger partial charge is 0.331 e. The molecule has 0 saturated carbocycles. The molecule has 5 rings (SSSR count). The maximum atomic E-state index is 13.3. The molecule has 2 aromatic heterocycles. The maximum absolute atomic E-state index is 13.3. The number of carbonyl (C=O) groups is 2. The summed E-state index contributed by atoms with van der Waals surface area (Å²) in [7, 11) is 0. The fourth-order valence-corrected chi connectivity index (χ4v) is 4.44. The third-order valence-corrected chi connectivity index (χ3v) is 6.08.